The SMILES string of the molecule is O=C(NC1CCOCC12CCN(Cc1ccccn1)C2)N1CCCC1. The second-order valence-electron chi connectivity index (χ2n) is 7.68. The molecular formula is C19H28N4O2. The van der Waals surface area contributed by atoms with Gasteiger partial charge in [0.25, 0.3) is 0 Å². The van der Waals surface area contributed by atoms with Crippen LogP contribution in [0.25, 0.3) is 0 Å². The molecule has 4 heterocycles. The first-order chi connectivity index (χ1) is 12.3. The van der Waals surface area contributed by atoms with Crippen molar-refractivity contribution >= 4 is 6.03 Å². The number of amides is 2. The normalized spacial score (nSPS) is 30.1. The molecule has 0 saturated carbocycles. The van der Waals surface area contributed by atoms with Gasteiger partial charge in [-0.15, -0.1) is 0 Å². The molecule has 3 aliphatic heterocycles. The molecule has 1 N–H and O–H groups in total. The Kier molecular flexibility index (Phi) is 4.90. The Bertz CT molecular complexity index is 590. The molecule has 6 heteroatoms. The van der Waals surface area contributed by atoms with E-state index in [0.717, 1.165) is 77.3 Å². The van der Waals surface area contributed by atoms with Crippen LogP contribution in [0.3, 0.4) is 0 Å². The van der Waals surface area contributed by atoms with Gasteiger partial charge in [-0.3, -0.25) is 9.88 Å². The Morgan fingerprint density at radius 1 is 1.32 bits per heavy atom. The van der Waals surface area contributed by atoms with Gasteiger partial charge in [0.1, 0.15) is 0 Å². The zero-order valence-corrected chi connectivity index (χ0v) is 14.8. The molecule has 1 aromatic rings. The molecule has 4 rings (SSSR count). The van der Waals surface area contributed by atoms with Crippen molar-refractivity contribution < 1.29 is 9.53 Å². The molecule has 3 aliphatic rings. The van der Waals surface area contributed by atoms with Crippen molar-refractivity contribution in [3.63, 3.8) is 0 Å². The van der Waals surface area contributed by atoms with Gasteiger partial charge in [0, 0.05) is 50.4 Å². The fourth-order valence-corrected chi connectivity index (χ4v) is 4.51. The molecule has 1 aromatic heterocycles. The molecule has 0 radical (unpaired) electrons. The third-order valence-corrected chi connectivity index (χ3v) is 5.95. The van der Waals surface area contributed by atoms with Gasteiger partial charge in [0.2, 0.25) is 0 Å². The van der Waals surface area contributed by atoms with Crippen LogP contribution in [0.15, 0.2) is 24.4 Å². The summed E-state index contributed by atoms with van der Waals surface area (Å²) in [6.45, 7) is 6.16. The van der Waals surface area contributed by atoms with Crippen molar-refractivity contribution in [3.05, 3.63) is 30.1 Å². The number of pyridine rings is 1. The number of hydrogen-bond donors (Lipinski definition) is 1. The minimum Gasteiger partial charge on any atom is -0.381 e. The molecular weight excluding hydrogens is 316 g/mol. The highest BCUT2D eigenvalue weighted by Crippen LogP contribution is 2.39. The fraction of sp³-hybridized carbons (Fsp3) is 0.684. The Labute approximate surface area is 149 Å². The van der Waals surface area contributed by atoms with Gasteiger partial charge in [-0.05, 0) is 44.4 Å². The van der Waals surface area contributed by atoms with Crippen LogP contribution in [0, 0.1) is 5.41 Å². The second-order valence-corrected chi connectivity index (χ2v) is 7.68. The number of hydrogen-bond acceptors (Lipinski definition) is 4. The number of rotatable bonds is 3. The number of urea groups is 1. The van der Waals surface area contributed by atoms with Crippen LogP contribution in [0.5, 0.6) is 0 Å². The van der Waals surface area contributed by atoms with Crippen LogP contribution in [0.1, 0.15) is 31.4 Å². The quantitative estimate of drug-likeness (QED) is 0.909. The summed E-state index contributed by atoms with van der Waals surface area (Å²) in [6, 6.07) is 6.40. The van der Waals surface area contributed by atoms with Crippen LogP contribution < -0.4 is 5.32 Å². The molecule has 0 aliphatic carbocycles. The molecule has 25 heavy (non-hydrogen) atoms. The molecule has 1 spiro atoms. The molecule has 0 bridgehead atoms. The number of carbonyl (C=O) groups is 1. The maximum Gasteiger partial charge on any atom is 0.317 e. The third kappa shape index (κ3) is 3.65. The summed E-state index contributed by atoms with van der Waals surface area (Å²) in [5.41, 5.74) is 1.15. The number of aromatic nitrogens is 1. The van der Waals surface area contributed by atoms with E-state index in [4.69, 9.17) is 4.74 Å². The largest absolute Gasteiger partial charge is 0.381 e. The number of ether oxygens (including phenoxy) is 1. The van der Waals surface area contributed by atoms with Gasteiger partial charge in [-0.1, -0.05) is 6.07 Å². The summed E-state index contributed by atoms with van der Waals surface area (Å²) in [4.78, 5) is 21.4. The Balaban J connectivity index is 1.40. The zero-order valence-electron chi connectivity index (χ0n) is 14.8. The molecule has 136 valence electrons. The lowest BCUT2D eigenvalue weighted by Crippen LogP contribution is -2.56. The van der Waals surface area contributed by atoms with E-state index >= 15 is 0 Å². The zero-order chi connectivity index (χ0) is 17.1. The molecule has 6 nitrogen and oxygen atoms in total. The van der Waals surface area contributed by atoms with E-state index in [-0.39, 0.29) is 17.5 Å². The topological polar surface area (TPSA) is 57.7 Å². The van der Waals surface area contributed by atoms with Gasteiger partial charge >= 0.3 is 6.03 Å². The molecule has 2 atom stereocenters. The fourth-order valence-electron chi connectivity index (χ4n) is 4.51. The smallest absolute Gasteiger partial charge is 0.317 e. The predicted molar refractivity (Wildman–Crippen MR) is 95.1 cm³/mol. The van der Waals surface area contributed by atoms with Crippen molar-refractivity contribution in [3.8, 4) is 0 Å². The highest BCUT2D eigenvalue weighted by Gasteiger charge is 2.47. The van der Waals surface area contributed by atoms with E-state index < -0.39 is 0 Å². The number of carbonyl (C=O) groups excluding carboxylic acids is 1. The molecule has 3 saturated heterocycles. The summed E-state index contributed by atoms with van der Waals surface area (Å²) < 4.78 is 5.84. The third-order valence-electron chi connectivity index (χ3n) is 5.95. The van der Waals surface area contributed by atoms with Gasteiger partial charge in [-0.25, -0.2) is 4.79 Å². The van der Waals surface area contributed by atoms with Gasteiger partial charge in [0.15, 0.2) is 0 Å². The minimum absolute atomic E-state index is 0.0441. The summed E-state index contributed by atoms with van der Waals surface area (Å²) in [5.74, 6) is 0. The lowest BCUT2D eigenvalue weighted by Gasteiger charge is -2.42. The first-order valence-corrected chi connectivity index (χ1v) is 9.51. The summed E-state index contributed by atoms with van der Waals surface area (Å²) in [5, 5.41) is 3.34. The minimum atomic E-state index is 0.0441. The van der Waals surface area contributed by atoms with E-state index in [1.54, 1.807) is 0 Å². The lowest BCUT2D eigenvalue weighted by atomic mass is 9.77. The van der Waals surface area contributed by atoms with E-state index in [1.165, 1.54) is 0 Å². The van der Waals surface area contributed by atoms with Crippen molar-refractivity contribution in [1.82, 2.24) is 20.1 Å². The van der Waals surface area contributed by atoms with E-state index in [0.29, 0.717) is 0 Å². The monoisotopic (exact) mass is 344 g/mol. The number of nitrogens with zero attached hydrogens (tertiary/aromatic N) is 3. The van der Waals surface area contributed by atoms with Gasteiger partial charge < -0.3 is 15.0 Å². The van der Waals surface area contributed by atoms with Crippen molar-refractivity contribution in [2.45, 2.75) is 38.3 Å². The predicted octanol–water partition coefficient (Wildman–Crippen LogP) is 1.87. The molecule has 0 aromatic carbocycles. The molecule has 2 unspecified atom stereocenters. The van der Waals surface area contributed by atoms with E-state index in [2.05, 4.69) is 21.3 Å². The van der Waals surface area contributed by atoms with Crippen LogP contribution >= 0.6 is 0 Å². The van der Waals surface area contributed by atoms with Crippen LogP contribution in [0.2, 0.25) is 0 Å². The lowest BCUT2D eigenvalue weighted by molar-refractivity contribution is -0.0256. The van der Waals surface area contributed by atoms with Crippen molar-refractivity contribution in [2.24, 2.45) is 5.41 Å². The average molecular weight is 344 g/mol. The van der Waals surface area contributed by atoms with Crippen molar-refractivity contribution in [2.75, 3.05) is 39.4 Å². The summed E-state index contributed by atoms with van der Waals surface area (Å²) in [7, 11) is 0. The summed E-state index contributed by atoms with van der Waals surface area (Å²) >= 11 is 0. The van der Waals surface area contributed by atoms with Crippen LogP contribution in [-0.2, 0) is 11.3 Å². The second kappa shape index (κ2) is 7.30. The highest BCUT2D eigenvalue weighted by molar-refractivity contribution is 5.74. The highest BCUT2D eigenvalue weighted by atomic mass is 16.5. The Morgan fingerprint density at radius 3 is 3.00 bits per heavy atom. The maximum absolute atomic E-state index is 12.6. The Morgan fingerprint density at radius 2 is 2.20 bits per heavy atom. The van der Waals surface area contributed by atoms with E-state index in [1.807, 2.05) is 23.2 Å². The maximum atomic E-state index is 12.6. The summed E-state index contributed by atoms with van der Waals surface area (Å²) in [6.07, 6.45) is 6.10. The van der Waals surface area contributed by atoms with Gasteiger partial charge in [-0.2, -0.15) is 0 Å². The first kappa shape index (κ1) is 16.8. The molecule has 3 fully saturated rings. The first-order valence-electron chi connectivity index (χ1n) is 9.51. The molecule has 2 amide bonds. The van der Waals surface area contributed by atoms with Crippen LogP contribution in [-0.4, -0.2) is 66.2 Å². The van der Waals surface area contributed by atoms with Crippen molar-refractivity contribution in [1.29, 1.82) is 0 Å². The average Bonchev–Trinajstić information content (AvgIpc) is 3.29. The number of nitrogens with one attached hydrogen (secondary N) is 1. The number of likely N-dealkylation sites (tertiary alicyclic amines) is 2. The van der Waals surface area contributed by atoms with Gasteiger partial charge in [0.05, 0.1) is 12.3 Å². The van der Waals surface area contributed by atoms with E-state index in [9.17, 15) is 4.79 Å². The Hall–Kier alpha value is -1.66. The van der Waals surface area contributed by atoms with Crippen LogP contribution in [0.4, 0.5) is 4.79 Å². The standard InChI is InChI=1S/C19H28N4O2/c24-18(23-9-3-4-10-23)21-17-6-12-25-15-19(17)7-11-22(14-19)13-16-5-1-2-8-20-16/h1-2,5,8,17H,3-4,6-7,9-15H2,(H,21,24).